The Kier molecular flexibility index (Phi) is 3.94. The molecule has 1 N–H and O–H groups in total. The van der Waals surface area contributed by atoms with Crippen molar-refractivity contribution in [3.8, 4) is 5.69 Å². The first-order valence-electron chi connectivity index (χ1n) is 8.52. The molecule has 0 radical (unpaired) electrons. The zero-order valence-electron chi connectivity index (χ0n) is 13.5. The van der Waals surface area contributed by atoms with E-state index in [1.165, 1.54) is 10.6 Å². The fourth-order valence-corrected chi connectivity index (χ4v) is 3.79. The number of pyridine rings is 1. The third-order valence-electron chi connectivity index (χ3n) is 5.18. The van der Waals surface area contributed by atoms with Crippen molar-refractivity contribution in [2.75, 3.05) is 19.6 Å². The molecule has 5 heteroatoms. The summed E-state index contributed by atoms with van der Waals surface area (Å²) < 4.78 is 1.52. The van der Waals surface area contributed by atoms with Crippen LogP contribution in [0, 0.1) is 5.92 Å². The smallest absolute Gasteiger partial charge is 0.255 e. The quantitative estimate of drug-likeness (QED) is 0.935. The lowest BCUT2D eigenvalue weighted by Gasteiger charge is -2.44. The highest BCUT2D eigenvalue weighted by Crippen LogP contribution is 2.27. The van der Waals surface area contributed by atoms with Crippen molar-refractivity contribution in [3.05, 3.63) is 64.6 Å². The average molecular weight is 323 g/mol. The second kappa shape index (κ2) is 6.24. The number of benzene rings is 1. The lowest BCUT2D eigenvalue weighted by Crippen LogP contribution is -2.57. The molecule has 0 saturated carbocycles. The van der Waals surface area contributed by atoms with Crippen LogP contribution in [0.3, 0.4) is 0 Å². The largest absolute Gasteiger partial charge is 0.348 e. The van der Waals surface area contributed by atoms with Gasteiger partial charge in [-0.3, -0.25) is 14.2 Å². The van der Waals surface area contributed by atoms with Gasteiger partial charge in [0.05, 0.1) is 5.56 Å². The van der Waals surface area contributed by atoms with Gasteiger partial charge >= 0.3 is 0 Å². The van der Waals surface area contributed by atoms with Gasteiger partial charge in [0.1, 0.15) is 0 Å². The van der Waals surface area contributed by atoms with E-state index in [1.807, 2.05) is 30.3 Å². The number of rotatable bonds is 3. The molecule has 24 heavy (non-hydrogen) atoms. The molecule has 1 atom stereocenters. The molecular weight excluding hydrogens is 302 g/mol. The van der Waals surface area contributed by atoms with Gasteiger partial charge in [0.15, 0.2) is 0 Å². The second-order valence-electron chi connectivity index (χ2n) is 6.68. The van der Waals surface area contributed by atoms with Crippen molar-refractivity contribution < 1.29 is 4.79 Å². The van der Waals surface area contributed by atoms with Gasteiger partial charge in [-0.1, -0.05) is 18.2 Å². The van der Waals surface area contributed by atoms with E-state index in [2.05, 4.69) is 10.2 Å². The molecule has 5 rings (SSSR count). The summed E-state index contributed by atoms with van der Waals surface area (Å²) in [6.07, 6.45) is 3.96. The van der Waals surface area contributed by atoms with Crippen LogP contribution < -0.4 is 10.9 Å². The molecule has 1 aromatic heterocycles. The number of nitrogens with zero attached hydrogens (tertiary/aromatic N) is 2. The Morgan fingerprint density at radius 2 is 1.79 bits per heavy atom. The molecule has 2 bridgehead atoms. The van der Waals surface area contributed by atoms with E-state index < -0.39 is 0 Å². The fourth-order valence-electron chi connectivity index (χ4n) is 3.79. The number of amides is 1. The summed E-state index contributed by atoms with van der Waals surface area (Å²) in [7, 11) is 0. The highest BCUT2D eigenvalue weighted by Gasteiger charge is 2.34. The Hall–Kier alpha value is -2.40. The van der Waals surface area contributed by atoms with Crippen molar-refractivity contribution >= 4 is 5.91 Å². The summed E-state index contributed by atoms with van der Waals surface area (Å²) in [6.45, 7) is 3.24. The maximum Gasteiger partial charge on any atom is 0.255 e. The minimum absolute atomic E-state index is 0.0987. The number of hydrogen-bond donors (Lipinski definition) is 1. The Morgan fingerprint density at radius 3 is 2.46 bits per heavy atom. The summed E-state index contributed by atoms with van der Waals surface area (Å²) >= 11 is 0. The molecule has 3 saturated heterocycles. The van der Waals surface area contributed by atoms with Gasteiger partial charge in [0, 0.05) is 30.5 Å². The van der Waals surface area contributed by atoms with Gasteiger partial charge in [-0.15, -0.1) is 0 Å². The standard InChI is InChI=1S/C19H21N3O2/c23-18-7-6-15(12-22(18)16-4-2-1-3-5-16)19(24)20-17-13-21-10-8-14(17)9-11-21/h1-7,12,14,17H,8-11,13H2,(H,20,24). The van der Waals surface area contributed by atoms with Gasteiger partial charge in [0.25, 0.3) is 11.5 Å². The monoisotopic (exact) mass is 323 g/mol. The van der Waals surface area contributed by atoms with Crippen LogP contribution in [-0.2, 0) is 0 Å². The molecule has 3 aliphatic rings. The highest BCUT2D eigenvalue weighted by molar-refractivity contribution is 5.94. The lowest BCUT2D eigenvalue weighted by molar-refractivity contribution is 0.0620. The first-order valence-corrected chi connectivity index (χ1v) is 8.52. The molecule has 2 aromatic rings. The van der Waals surface area contributed by atoms with E-state index in [9.17, 15) is 9.59 Å². The second-order valence-corrected chi connectivity index (χ2v) is 6.68. The predicted molar refractivity (Wildman–Crippen MR) is 92.5 cm³/mol. The van der Waals surface area contributed by atoms with Crippen LogP contribution in [0.1, 0.15) is 23.2 Å². The van der Waals surface area contributed by atoms with Gasteiger partial charge in [-0.05, 0) is 50.0 Å². The summed E-state index contributed by atoms with van der Waals surface area (Å²) in [5, 5.41) is 3.17. The molecule has 0 aliphatic carbocycles. The van der Waals surface area contributed by atoms with Crippen LogP contribution in [0.25, 0.3) is 5.69 Å². The SMILES string of the molecule is O=C(NC1CN2CCC1CC2)c1ccc(=O)n(-c2ccccc2)c1. The van der Waals surface area contributed by atoms with E-state index in [0.29, 0.717) is 11.5 Å². The summed E-state index contributed by atoms with van der Waals surface area (Å²) in [5.74, 6) is 0.484. The van der Waals surface area contributed by atoms with Gasteiger partial charge in [-0.2, -0.15) is 0 Å². The van der Waals surface area contributed by atoms with Gasteiger partial charge in [0.2, 0.25) is 0 Å². The zero-order valence-corrected chi connectivity index (χ0v) is 13.5. The van der Waals surface area contributed by atoms with Crippen molar-refractivity contribution in [1.82, 2.24) is 14.8 Å². The van der Waals surface area contributed by atoms with Gasteiger partial charge in [-0.25, -0.2) is 0 Å². The topological polar surface area (TPSA) is 54.3 Å². The van der Waals surface area contributed by atoms with Crippen LogP contribution in [0.2, 0.25) is 0 Å². The van der Waals surface area contributed by atoms with Crippen LogP contribution in [0.4, 0.5) is 0 Å². The van der Waals surface area contributed by atoms with Crippen molar-refractivity contribution in [1.29, 1.82) is 0 Å². The molecule has 0 spiro atoms. The summed E-state index contributed by atoms with van der Waals surface area (Å²) in [6, 6.07) is 12.7. The number of aromatic nitrogens is 1. The summed E-state index contributed by atoms with van der Waals surface area (Å²) in [4.78, 5) is 27.2. The van der Waals surface area contributed by atoms with E-state index in [-0.39, 0.29) is 17.5 Å². The molecule has 124 valence electrons. The van der Waals surface area contributed by atoms with Crippen LogP contribution in [-0.4, -0.2) is 41.1 Å². The molecule has 1 amide bonds. The summed E-state index contributed by atoms with van der Waals surface area (Å²) in [5.41, 5.74) is 1.15. The highest BCUT2D eigenvalue weighted by atomic mass is 16.2. The number of fused-ring (bicyclic) bond motifs is 3. The number of hydrogen-bond acceptors (Lipinski definition) is 3. The Balaban J connectivity index is 1.56. The predicted octanol–water partition coefficient (Wildman–Crippen LogP) is 1.66. The number of carbonyl (C=O) groups excluding carboxylic acids is 1. The minimum atomic E-state index is -0.138. The average Bonchev–Trinajstić information content (AvgIpc) is 2.64. The Labute approximate surface area is 140 Å². The third kappa shape index (κ3) is 2.87. The maximum absolute atomic E-state index is 12.6. The van der Waals surface area contributed by atoms with Crippen molar-refractivity contribution in [2.24, 2.45) is 5.92 Å². The molecule has 5 nitrogen and oxygen atoms in total. The van der Waals surface area contributed by atoms with Crippen LogP contribution >= 0.6 is 0 Å². The normalized spacial score (nSPS) is 25.4. The Bertz CT molecular complexity index is 792. The molecule has 3 aliphatic heterocycles. The zero-order chi connectivity index (χ0) is 16.5. The first-order chi connectivity index (χ1) is 11.7. The number of carbonyl (C=O) groups is 1. The number of nitrogens with one attached hydrogen (secondary N) is 1. The maximum atomic E-state index is 12.6. The van der Waals surface area contributed by atoms with Crippen LogP contribution in [0.5, 0.6) is 0 Å². The first kappa shape index (κ1) is 15.1. The number of para-hydroxylation sites is 1. The van der Waals surface area contributed by atoms with E-state index in [4.69, 9.17) is 0 Å². The van der Waals surface area contributed by atoms with Crippen LogP contribution in [0.15, 0.2) is 53.5 Å². The van der Waals surface area contributed by atoms with E-state index >= 15 is 0 Å². The fraction of sp³-hybridized carbons (Fsp3) is 0.368. The lowest BCUT2D eigenvalue weighted by atomic mass is 9.84. The van der Waals surface area contributed by atoms with E-state index in [0.717, 1.165) is 38.2 Å². The molecule has 1 unspecified atom stereocenters. The third-order valence-corrected chi connectivity index (χ3v) is 5.18. The Morgan fingerprint density at radius 1 is 1.04 bits per heavy atom. The minimum Gasteiger partial charge on any atom is -0.348 e. The van der Waals surface area contributed by atoms with Crippen molar-refractivity contribution in [2.45, 2.75) is 18.9 Å². The van der Waals surface area contributed by atoms with Crippen molar-refractivity contribution in [3.63, 3.8) is 0 Å². The molecular formula is C19H21N3O2. The molecule has 3 fully saturated rings. The molecule has 4 heterocycles. The van der Waals surface area contributed by atoms with Gasteiger partial charge < -0.3 is 10.2 Å². The number of piperidine rings is 3. The van der Waals surface area contributed by atoms with E-state index in [1.54, 1.807) is 12.3 Å². The molecule has 1 aromatic carbocycles.